The molecule has 46 heavy (non-hydrogen) atoms. The van der Waals surface area contributed by atoms with Gasteiger partial charge in [-0.2, -0.15) is 47.5 Å². The molecule has 0 saturated heterocycles. The molecular weight excluding hydrogens is 739 g/mol. The standard InChI is InChI=1S/2C15H11.C12H10Ge.2ClH.Zr/c2*1-2-7-12(6-1)15-11-5-9-13-8-3-4-10-14(13)15;1-3-7-11(8-4-1)13-12-9-5-2-6-10-12;;;/h2*1-11H;1-10H;2*1H;/q2*-1;;;;+2/p-2. The normalized spacial score (nSPS) is 10.4. The summed E-state index contributed by atoms with van der Waals surface area (Å²) >= 11 is -2.19. The molecule has 0 amide bonds. The van der Waals surface area contributed by atoms with Crippen LogP contribution in [0, 0.1) is 0 Å². The van der Waals surface area contributed by atoms with E-state index in [-0.39, 0.29) is 0 Å². The van der Waals surface area contributed by atoms with Gasteiger partial charge in [-0.15, -0.1) is 0 Å². The maximum atomic E-state index is 6.35. The van der Waals surface area contributed by atoms with Crippen LogP contribution in [-0.2, 0) is 16.2 Å². The fourth-order valence-corrected chi connectivity index (χ4v) is 32.7. The maximum Gasteiger partial charge on any atom is -0.0189 e. The largest absolute Gasteiger partial charge is 0.206 e. The van der Waals surface area contributed by atoms with Crippen molar-refractivity contribution in [3.05, 3.63) is 194 Å². The first-order valence-electron chi connectivity index (χ1n) is 15.2. The van der Waals surface area contributed by atoms with Gasteiger partial charge in [0.05, 0.1) is 0 Å². The molecule has 224 valence electrons. The molecule has 4 heteroatoms. The molecule has 0 bridgehead atoms. The third kappa shape index (κ3) is 8.09. The van der Waals surface area contributed by atoms with Crippen molar-refractivity contribution in [2.45, 2.75) is 0 Å². The van der Waals surface area contributed by atoms with E-state index >= 15 is 0 Å². The Kier molecular flexibility index (Phi) is 11.6. The Morgan fingerprint density at radius 3 is 1.20 bits per heavy atom. The van der Waals surface area contributed by atoms with Gasteiger partial charge in [0.2, 0.25) is 0 Å². The number of hydrogen-bond acceptors (Lipinski definition) is 0. The van der Waals surface area contributed by atoms with E-state index in [1.54, 1.807) is 0 Å². The summed E-state index contributed by atoms with van der Waals surface area (Å²) in [4.78, 5) is 0. The molecule has 8 aromatic rings. The Hall–Kier alpha value is -3.45. The van der Waals surface area contributed by atoms with Crippen molar-refractivity contribution >= 4 is 57.3 Å². The Bertz CT molecular complexity index is 1990. The van der Waals surface area contributed by atoms with E-state index in [0.29, 0.717) is 0 Å². The number of rotatable bonds is 4. The van der Waals surface area contributed by atoms with Crippen LogP contribution in [0.25, 0.3) is 43.8 Å². The Morgan fingerprint density at radius 1 is 0.413 bits per heavy atom. The van der Waals surface area contributed by atoms with E-state index < -0.39 is 26.2 Å². The predicted octanol–water partition coefficient (Wildman–Crippen LogP) is 11.2. The van der Waals surface area contributed by atoms with Crippen molar-refractivity contribution in [1.82, 2.24) is 0 Å². The molecule has 0 N–H and O–H groups in total. The summed E-state index contributed by atoms with van der Waals surface area (Å²) in [5.74, 6) is 0. The summed E-state index contributed by atoms with van der Waals surface area (Å²) in [7, 11) is 11.1. The minimum absolute atomic E-state index is 1.30. The molecule has 0 aliphatic carbocycles. The average Bonchev–Trinajstić information content (AvgIpc) is 3.85. The second-order valence-corrected chi connectivity index (χ2v) is 42.1. The third-order valence-corrected chi connectivity index (χ3v) is 36.3. The fraction of sp³-hybridized carbons (Fsp3) is 0. The molecule has 0 saturated carbocycles. The van der Waals surface area contributed by atoms with Crippen molar-refractivity contribution in [1.29, 1.82) is 0 Å². The molecule has 0 spiro atoms. The first-order valence-corrected chi connectivity index (χ1v) is 31.1. The maximum absolute atomic E-state index is 6.35. The van der Waals surface area contributed by atoms with Gasteiger partial charge in [-0.05, 0) is 21.5 Å². The van der Waals surface area contributed by atoms with Crippen LogP contribution in [0.1, 0.15) is 0 Å². The molecule has 0 heterocycles. The van der Waals surface area contributed by atoms with Crippen LogP contribution >= 0.6 is 17.0 Å². The molecule has 0 radical (unpaired) electrons. The summed E-state index contributed by atoms with van der Waals surface area (Å²) in [6.07, 6.45) is 0. The number of fused-ring (bicyclic) bond motifs is 2. The van der Waals surface area contributed by atoms with Crippen molar-refractivity contribution in [2.75, 3.05) is 0 Å². The van der Waals surface area contributed by atoms with E-state index in [2.05, 4.69) is 182 Å². The van der Waals surface area contributed by atoms with Crippen LogP contribution in [0.2, 0.25) is 0 Å². The minimum atomic E-state index is -2.19. The van der Waals surface area contributed by atoms with E-state index in [0.717, 1.165) is 0 Å². The van der Waals surface area contributed by atoms with Crippen LogP contribution in [0.5, 0.6) is 0 Å². The van der Waals surface area contributed by atoms with E-state index in [1.165, 1.54) is 52.6 Å². The van der Waals surface area contributed by atoms with E-state index in [4.69, 9.17) is 17.0 Å². The number of benzene rings is 6. The first-order chi connectivity index (χ1) is 22.7. The molecule has 8 rings (SSSR count). The molecule has 0 aliphatic rings. The minimum Gasteiger partial charge on any atom is -0.206 e. The van der Waals surface area contributed by atoms with E-state index in [1.807, 2.05) is 12.1 Å². The monoisotopic (exact) mass is 770 g/mol. The van der Waals surface area contributed by atoms with Crippen LogP contribution in [0.4, 0.5) is 0 Å². The zero-order valence-corrected chi connectivity index (χ0v) is 31.3. The van der Waals surface area contributed by atoms with Gasteiger partial charge in [-0.1, -0.05) is 96.1 Å². The van der Waals surface area contributed by atoms with Gasteiger partial charge >= 0.3 is 113 Å². The third-order valence-electron chi connectivity index (χ3n) is 7.84. The van der Waals surface area contributed by atoms with Crippen molar-refractivity contribution in [3.8, 4) is 22.3 Å². The van der Waals surface area contributed by atoms with Crippen LogP contribution in [-0.4, -0.2) is 9.98 Å². The SMILES string of the molecule is [Cl][Zr]([Cl])=[Ge]([c]1ccccc1)[c]1ccccc1.c1ccc2c(-c3cc[cH-]c3)cccc2c1.c1ccc2c(-c3cc[cH-]c3)cccc2c1. The molecule has 0 atom stereocenters. The van der Waals surface area contributed by atoms with Gasteiger partial charge < -0.3 is 0 Å². The molecule has 0 unspecified atom stereocenters. The molecule has 0 aliphatic heterocycles. The predicted molar refractivity (Wildman–Crippen MR) is 200 cm³/mol. The quantitative estimate of drug-likeness (QED) is 0.123. The van der Waals surface area contributed by atoms with Crippen molar-refractivity contribution < 1.29 is 16.2 Å². The summed E-state index contributed by atoms with van der Waals surface area (Å²) in [5, 5.41) is 5.25. The number of hydrogen-bond donors (Lipinski definition) is 0. The number of halogens is 2. The summed E-state index contributed by atoms with van der Waals surface area (Å²) in [6, 6.07) is 67.9. The zero-order chi connectivity index (χ0) is 31.6. The first kappa shape index (κ1) is 32.5. The van der Waals surface area contributed by atoms with Gasteiger partial charge in [0.15, 0.2) is 0 Å². The van der Waals surface area contributed by atoms with E-state index in [9.17, 15) is 0 Å². The Morgan fingerprint density at radius 2 is 0.804 bits per heavy atom. The molecule has 0 aromatic heterocycles. The zero-order valence-electron chi connectivity index (χ0n) is 25.2. The molecule has 0 nitrogen and oxygen atoms in total. The summed E-state index contributed by atoms with van der Waals surface area (Å²) in [6.45, 7) is 0. The smallest absolute Gasteiger partial charge is 0.0189 e. The van der Waals surface area contributed by atoms with Crippen LogP contribution < -0.4 is 8.79 Å². The topological polar surface area (TPSA) is 0 Å². The van der Waals surface area contributed by atoms with Gasteiger partial charge in [0.25, 0.3) is 0 Å². The van der Waals surface area contributed by atoms with Crippen LogP contribution in [0.3, 0.4) is 0 Å². The van der Waals surface area contributed by atoms with Gasteiger partial charge in [0, 0.05) is 0 Å². The van der Waals surface area contributed by atoms with Gasteiger partial charge in [0.1, 0.15) is 0 Å². The average molecular weight is 771 g/mol. The van der Waals surface area contributed by atoms with Crippen molar-refractivity contribution in [3.63, 3.8) is 0 Å². The Balaban J connectivity index is 0.000000121. The van der Waals surface area contributed by atoms with Crippen LogP contribution in [0.15, 0.2) is 194 Å². The molecule has 0 fully saturated rings. The second kappa shape index (κ2) is 16.4. The van der Waals surface area contributed by atoms with Crippen molar-refractivity contribution in [2.24, 2.45) is 0 Å². The molecule has 8 aromatic carbocycles. The Labute approximate surface area is 287 Å². The van der Waals surface area contributed by atoms with Gasteiger partial charge in [-0.3, -0.25) is 0 Å². The summed E-state index contributed by atoms with van der Waals surface area (Å²) in [5.41, 5.74) is 5.23. The molecular formula is C42H32Cl2GeZr-2. The second-order valence-electron chi connectivity index (χ2n) is 10.8. The van der Waals surface area contributed by atoms with Gasteiger partial charge in [-0.25, -0.2) is 12.1 Å². The summed E-state index contributed by atoms with van der Waals surface area (Å²) < 4.78 is 2.79. The fourth-order valence-electron chi connectivity index (χ4n) is 5.66.